The Hall–Kier alpha value is -0.530. The second kappa shape index (κ2) is 21.2. The average Bonchev–Trinajstić information content (AvgIpc) is 2.71. The molecule has 0 fully saturated rings. The van der Waals surface area contributed by atoms with Gasteiger partial charge in [-0.05, 0) is 31.6 Å². The van der Waals surface area contributed by atoms with Crippen LogP contribution in [0.3, 0.4) is 0 Å². The van der Waals surface area contributed by atoms with Crippen LogP contribution in [0, 0.1) is 11.8 Å². The van der Waals surface area contributed by atoms with Gasteiger partial charge in [-0.15, -0.1) is 0 Å². The molecular weight excluding hydrogens is 344 g/mol. The zero-order valence-electron chi connectivity index (χ0n) is 19.9. The van der Waals surface area contributed by atoms with E-state index in [1.807, 2.05) is 0 Å². The number of unbranched alkanes of at least 4 members (excludes halogenated alkanes) is 10. The Balaban J connectivity index is 4.31. The highest BCUT2D eigenvalue weighted by molar-refractivity contribution is 5.72. The zero-order chi connectivity index (χ0) is 20.9. The first-order valence-electron chi connectivity index (χ1n) is 12.9. The van der Waals surface area contributed by atoms with Gasteiger partial charge in [0.1, 0.15) is 0 Å². The molecule has 0 aromatic heterocycles. The van der Waals surface area contributed by atoms with Crippen molar-refractivity contribution in [1.29, 1.82) is 0 Å². The van der Waals surface area contributed by atoms with Crippen molar-refractivity contribution in [1.82, 2.24) is 0 Å². The average molecular weight is 397 g/mol. The second-order valence-electron chi connectivity index (χ2n) is 8.88. The van der Waals surface area contributed by atoms with Gasteiger partial charge >= 0.3 is 5.97 Å². The summed E-state index contributed by atoms with van der Waals surface area (Å²) in [5, 5.41) is 0. The Kier molecular flexibility index (Phi) is 20.8. The van der Waals surface area contributed by atoms with Crippen LogP contribution in [0.4, 0.5) is 0 Å². The number of carbonyl (C=O) groups is 1. The smallest absolute Gasteiger partial charge is 0.308 e. The van der Waals surface area contributed by atoms with Gasteiger partial charge in [-0.1, -0.05) is 118 Å². The van der Waals surface area contributed by atoms with Crippen LogP contribution < -0.4 is 0 Å². The number of ether oxygens (including phenoxy) is 1. The molecule has 0 bridgehead atoms. The van der Waals surface area contributed by atoms with Gasteiger partial charge < -0.3 is 4.74 Å². The van der Waals surface area contributed by atoms with E-state index < -0.39 is 0 Å². The van der Waals surface area contributed by atoms with Crippen molar-refractivity contribution in [3.8, 4) is 0 Å². The number of rotatable bonds is 21. The Morgan fingerprint density at radius 2 is 1.00 bits per heavy atom. The molecule has 0 aliphatic heterocycles. The maximum atomic E-state index is 12.7. The van der Waals surface area contributed by atoms with E-state index in [1.54, 1.807) is 0 Å². The maximum Gasteiger partial charge on any atom is 0.308 e. The second-order valence-corrected chi connectivity index (χ2v) is 8.88. The van der Waals surface area contributed by atoms with Crippen LogP contribution >= 0.6 is 0 Å². The van der Waals surface area contributed by atoms with Crippen LogP contribution in [0.5, 0.6) is 0 Å². The summed E-state index contributed by atoms with van der Waals surface area (Å²) in [4.78, 5) is 12.7. The molecule has 168 valence electrons. The van der Waals surface area contributed by atoms with Gasteiger partial charge in [0.15, 0.2) is 0 Å². The van der Waals surface area contributed by atoms with Crippen LogP contribution in [-0.2, 0) is 9.53 Å². The van der Waals surface area contributed by atoms with Crippen molar-refractivity contribution >= 4 is 5.97 Å². The zero-order valence-corrected chi connectivity index (χ0v) is 19.9. The first kappa shape index (κ1) is 27.5. The van der Waals surface area contributed by atoms with E-state index in [-0.39, 0.29) is 11.9 Å². The van der Waals surface area contributed by atoms with Gasteiger partial charge in [-0.3, -0.25) is 4.79 Å². The SMILES string of the molecule is CCCCCCCCC(CCCC)C(=O)OCC(CCCC)CCCCCC. The molecule has 0 aliphatic rings. The van der Waals surface area contributed by atoms with E-state index in [2.05, 4.69) is 27.7 Å². The summed E-state index contributed by atoms with van der Waals surface area (Å²) in [6.07, 6.45) is 22.3. The highest BCUT2D eigenvalue weighted by Gasteiger charge is 2.20. The predicted octanol–water partition coefficient (Wildman–Crippen LogP) is 8.86. The van der Waals surface area contributed by atoms with Crippen LogP contribution in [-0.4, -0.2) is 12.6 Å². The maximum absolute atomic E-state index is 12.7. The van der Waals surface area contributed by atoms with E-state index in [1.165, 1.54) is 89.9 Å². The largest absolute Gasteiger partial charge is 0.465 e. The van der Waals surface area contributed by atoms with Crippen molar-refractivity contribution in [3.05, 3.63) is 0 Å². The van der Waals surface area contributed by atoms with Gasteiger partial charge in [-0.25, -0.2) is 0 Å². The van der Waals surface area contributed by atoms with Crippen molar-refractivity contribution in [3.63, 3.8) is 0 Å². The Bertz CT molecular complexity index is 326. The normalized spacial score (nSPS) is 13.4. The lowest BCUT2D eigenvalue weighted by molar-refractivity contribution is -0.150. The third-order valence-corrected chi connectivity index (χ3v) is 6.04. The van der Waals surface area contributed by atoms with Gasteiger partial charge in [-0.2, -0.15) is 0 Å². The number of hydrogen-bond acceptors (Lipinski definition) is 2. The molecule has 28 heavy (non-hydrogen) atoms. The molecular formula is C26H52O2. The molecule has 0 saturated carbocycles. The van der Waals surface area contributed by atoms with E-state index in [0.717, 1.165) is 25.7 Å². The highest BCUT2D eigenvalue weighted by Crippen LogP contribution is 2.22. The molecule has 0 radical (unpaired) electrons. The summed E-state index contributed by atoms with van der Waals surface area (Å²) < 4.78 is 5.87. The summed E-state index contributed by atoms with van der Waals surface area (Å²) in [6, 6.07) is 0. The molecule has 0 amide bonds. The van der Waals surface area contributed by atoms with Gasteiger partial charge in [0.05, 0.1) is 12.5 Å². The minimum atomic E-state index is 0.0945. The lowest BCUT2D eigenvalue weighted by atomic mass is 9.94. The monoisotopic (exact) mass is 396 g/mol. The lowest BCUT2D eigenvalue weighted by Crippen LogP contribution is -2.22. The van der Waals surface area contributed by atoms with Gasteiger partial charge in [0.25, 0.3) is 0 Å². The van der Waals surface area contributed by atoms with Crippen molar-refractivity contribution in [2.24, 2.45) is 11.8 Å². The molecule has 2 atom stereocenters. The van der Waals surface area contributed by atoms with Crippen molar-refractivity contribution in [2.75, 3.05) is 6.61 Å². The molecule has 2 nitrogen and oxygen atoms in total. The number of esters is 1. The molecule has 2 heteroatoms. The van der Waals surface area contributed by atoms with Crippen LogP contribution in [0.25, 0.3) is 0 Å². The fraction of sp³-hybridized carbons (Fsp3) is 0.962. The molecule has 0 aromatic rings. The summed E-state index contributed by atoms with van der Waals surface area (Å²) >= 11 is 0. The van der Waals surface area contributed by atoms with Crippen LogP contribution in [0.15, 0.2) is 0 Å². The lowest BCUT2D eigenvalue weighted by Gasteiger charge is -2.20. The molecule has 2 unspecified atom stereocenters. The Labute approximate surface area is 177 Å². The minimum absolute atomic E-state index is 0.0945. The van der Waals surface area contributed by atoms with E-state index >= 15 is 0 Å². The highest BCUT2D eigenvalue weighted by atomic mass is 16.5. The Morgan fingerprint density at radius 3 is 1.64 bits per heavy atom. The summed E-state index contributed by atoms with van der Waals surface area (Å²) in [7, 11) is 0. The molecule has 0 heterocycles. The topological polar surface area (TPSA) is 26.3 Å². The molecule has 0 rings (SSSR count). The fourth-order valence-corrected chi connectivity index (χ4v) is 3.98. The minimum Gasteiger partial charge on any atom is -0.465 e. The number of hydrogen-bond donors (Lipinski definition) is 0. The Morgan fingerprint density at radius 1 is 0.571 bits per heavy atom. The van der Waals surface area contributed by atoms with Crippen LogP contribution in [0.1, 0.15) is 143 Å². The fourth-order valence-electron chi connectivity index (χ4n) is 3.98. The standard InChI is InChI=1S/C26H52O2/c1-5-9-13-15-16-18-22-25(21-12-8-4)26(27)28-23-24(19-11-7-3)20-17-14-10-6-2/h24-25H,5-23H2,1-4H3. The molecule has 0 N–H and O–H groups in total. The van der Waals surface area contributed by atoms with E-state index in [9.17, 15) is 4.79 Å². The first-order valence-corrected chi connectivity index (χ1v) is 12.9. The van der Waals surface area contributed by atoms with Crippen molar-refractivity contribution < 1.29 is 9.53 Å². The third-order valence-electron chi connectivity index (χ3n) is 6.04. The van der Waals surface area contributed by atoms with Gasteiger partial charge in [0, 0.05) is 0 Å². The summed E-state index contributed by atoms with van der Waals surface area (Å²) in [5.41, 5.74) is 0. The number of carbonyl (C=O) groups excluding carboxylic acids is 1. The summed E-state index contributed by atoms with van der Waals surface area (Å²) in [6.45, 7) is 9.64. The summed E-state index contributed by atoms with van der Waals surface area (Å²) in [5.74, 6) is 0.803. The molecule has 0 aliphatic carbocycles. The predicted molar refractivity (Wildman–Crippen MR) is 124 cm³/mol. The molecule has 0 spiro atoms. The molecule has 0 saturated heterocycles. The van der Waals surface area contributed by atoms with Crippen LogP contribution in [0.2, 0.25) is 0 Å². The molecule has 0 aromatic carbocycles. The third kappa shape index (κ3) is 16.4. The first-order chi connectivity index (χ1) is 13.7. The van der Waals surface area contributed by atoms with E-state index in [0.29, 0.717) is 12.5 Å². The van der Waals surface area contributed by atoms with E-state index in [4.69, 9.17) is 4.74 Å². The van der Waals surface area contributed by atoms with Gasteiger partial charge in [0.2, 0.25) is 0 Å². The van der Waals surface area contributed by atoms with Crippen molar-refractivity contribution in [2.45, 2.75) is 143 Å². The quantitative estimate of drug-likeness (QED) is 0.143.